The van der Waals surface area contributed by atoms with E-state index in [1.54, 1.807) is 32.6 Å². The van der Waals surface area contributed by atoms with Gasteiger partial charge in [-0.15, -0.1) is 24.0 Å². The molecule has 6 nitrogen and oxygen atoms in total. The molecule has 0 amide bonds. The zero-order chi connectivity index (χ0) is 20.6. The van der Waals surface area contributed by atoms with Gasteiger partial charge < -0.3 is 19.8 Å². The molecule has 0 unspecified atom stereocenters. The summed E-state index contributed by atoms with van der Waals surface area (Å²) in [6, 6.07) is 13.0. The molecule has 2 N–H and O–H groups in total. The third-order valence-electron chi connectivity index (χ3n) is 4.38. The molecule has 0 saturated carbocycles. The van der Waals surface area contributed by atoms with Crippen molar-refractivity contribution in [2.45, 2.75) is 26.6 Å². The van der Waals surface area contributed by atoms with Gasteiger partial charge in [-0.3, -0.25) is 4.99 Å². The molecule has 2 aromatic carbocycles. The normalized spacial score (nSPS) is 11.1. The standard InChI is InChI=1S/C22H25FN4O2.HI/c1-15-4-7-17(8-5-15)21-27-19(14-29-21)12-26-22(24-2)25-11-16-6-9-20(23)18(10-16)13-28-3;/h4-10,14H,11-13H2,1-3H3,(H2,24,25,26);1H. The van der Waals surface area contributed by atoms with E-state index in [2.05, 4.69) is 20.6 Å². The van der Waals surface area contributed by atoms with Gasteiger partial charge in [0.2, 0.25) is 5.89 Å². The summed E-state index contributed by atoms with van der Waals surface area (Å²) in [5.74, 6) is 0.928. The summed E-state index contributed by atoms with van der Waals surface area (Å²) in [5.41, 5.74) is 4.36. The predicted octanol–water partition coefficient (Wildman–Crippen LogP) is 4.42. The van der Waals surface area contributed by atoms with Crippen LogP contribution in [0.4, 0.5) is 4.39 Å². The van der Waals surface area contributed by atoms with Crippen molar-refractivity contribution >= 4 is 29.9 Å². The number of aliphatic imine (C=N–C) groups is 1. The number of hydrogen-bond donors (Lipinski definition) is 2. The number of ether oxygens (including phenoxy) is 1. The van der Waals surface area contributed by atoms with Crippen molar-refractivity contribution in [2.75, 3.05) is 14.2 Å². The number of aromatic nitrogens is 1. The summed E-state index contributed by atoms with van der Waals surface area (Å²) in [6.07, 6.45) is 1.63. The number of oxazole rings is 1. The topological polar surface area (TPSA) is 71.7 Å². The summed E-state index contributed by atoms with van der Waals surface area (Å²) >= 11 is 0. The Morgan fingerprint density at radius 1 is 1.13 bits per heavy atom. The lowest BCUT2D eigenvalue weighted by Crippen LogP contribution is -2.36. The summed E-state index contributed by atoms with van der Waals surface area (Å²) < 4.78 is 24.3. The Bertz CT molecular complexity index is 974. The summed E-state index contributed by atoms with van der Waals surface area (Å²) in [7, 11) is 3.24. The molecule has 3 aromatic rings. The molecule has 160 valence electrons. The number of benzene rings is 2. The summed E-state index contributed by atoms with van der Waals surface area (Å²) in [5, 5.41) is 6.41. The number of aryl methyl sites for hydroxylation is 1. The fourth-order valence-corrected chi connectivity index (χ4v) is 2.80. The van der Waals surface area contributed by atoms with Gasteiger partial charge in [0.15, 0.2) is 5.96 Å². The smallest absolute Gasteiger partial charge is 0.226 e. The van der Waals surface area contributed by atoms with Gasteiger partial charge in [-0.25, -0.2) is 9.37 Å². The Hall–Kier alpha value is -2.46. The van der Waals surface area contributed by atoms with Crippen molar-refractivity contribution < 1.29 is 13.5 Å². The van der Waals surface area contributed by atoms with Crippen LogP contribution in [0.2, 0.25) is 0 Å². The van der Waals surface area contributed by atoms with Crippen LogP contribution in [-0.4, -0.2) is 25.1 Å². The van der Waals surface area contributed by atoms with Crippen molar-refractivity contribution in [2.24, 2.45) is 4.99 Å². The second-order valence-corrected chi connectivity index (χ2v) is 6.65. The van der Waals surface area contributed by atoms with Gasteiger partial charge in [-0.05, 0) is 36.8 Å². The highest BCUT2D eigenvalue weighted by Crippen LogP contribution is 2.19. The molecule has 0 bridgehead atoms. The first kappa shape index (κ1) is 23.8. The fourth-order valence-electron chi connectivity index (χ4n) is 2.80. The zero-order valence-corrected chi connectivity index (χ0v) is 19.6. The third-order valence-corrected chi connectivity index (χ3v) is 4.38. The van der Waals surface area contributed by atoms with Gasteiger partial charge in [0.25, 0.3) is 0 Å². The number of methoxy groups -OCH3 is 1. The van der Waals surface area contributed by atoms with Crippen LogP contribution < -0.4 is 10.6 Å². The molecule has 8 heteroatoms. The van der Waals surface area contributed by atoms with Crippen LogP contribution in [0.25, 0.3) is 11.5 Å². The number of guanidine groups is 1. The first-order chi connectivity index (χ1) is 14.1. The van der Waals surface area contributed by atoms with E-state index in [1.807, 2.05) is 31.2 Å². The molecular formula is C22H26FIN4O2. The Labute approximate surface area is 193 Å². The highest BCUT2D eigenvalue weighted by molar-refractivity contribution is 14.0. The average molecular weight is 524 g/mol. The second-order valence-electron chi connectivity index (χ2n) is 6.65. The lowest BCUT2D eigenvalue weighted by Gasteiger charge is -2.12. The fraction of sp³-hybridized carbons (Fsp3) is 0.273. The van der Waals surface area contributed by atoms with E-state index < -0.39 is 0 Å². The van der Waals surface area contributed by atoms with E-state index >= 15 is 0 Å². The number of rotatable bonds is 7. The Morgan fingerprint density at radius 2 is 1.87 bits per heavy atom. The van der Waals surface area contributed by atoms with Crippen LogP contribution in [0, 0.1) is 12.7 Å². The van der Waals surface area contributed by atoms with E-state index in [4.69, 9.17) is 9.15 Å². The number of hydrogen-bond acceptors (Lipinski definition) is 4. The molecule has 0 radical (unpaired) electrons. The highest BCUT2D eigenvalue weighted by atomic mass is 127. The summed E-state index contributed by atoms with van der Waals surface area (Å²) in [6.45, 7) is 3.25. The molecule has 0 saturated heterocycles. The molecule has 0 aliphatic rings. The Kier molecular flexibility index (Phi) is 9.25. The SMILES string of the molecule is CN=C(NCc1ccc(F)c(COC)c1)NCc1coc(-c2ccc(C)cc2)n1.I. The third kappa shape index (κ3) is 6.53. The van der Waals surface area contributed by atoms with Gasteiger partial charge in [-0.2, -0.15) is 0 Å². The van der Waals surface area contributed by atoms with Crippen LogP contribution >= 0.6 is 24.0 Å². The van der Waals surface area contributed by atoms with Crippen molar-refractivity contribution in [1.82, 2.24) is 15.6 Å². The maximum atomic E-state index is 13.7. The average Bonchev–Trinajstić information content (AvgIpc) is 3.20. The van der Waals surface area contributed by atoms with Crippen molar-refractivity contribution in [3.05, 3.63) is 76.9 Å². The number of nitrogens with zero attached hydrogens (tertiary/aromatic N) is 2. The maximum absolute atomic E-state index is 13.7. The predicted molar refractivity (Wildman–Crippen MR) is 126 cm³/mol. The molecule has 0 aliphatic heterocycles. The molecule has 0 aliphatic carbocycles. The first-order valence-corrected chi connectivity index (χ1v) is 9.31. The minimum Gasteiger partial charge on any atom is -0.444 e. The molecule has 0 fully saturated rings. The van der Waals surface area contributed by atoms with Crippen LogP contribution in [0.3, 0.4) is 0 Å². The number of halogens is 2. The molecule has 1 heterocycles. The van der Waals surface area contributed by atoms with Crippen LogP contribution in [0.1, 0.15) is 22.4 Å². The monoisotopic (exact) mass is 524 g/mol. The van der Waals surface area contributed by atoms with E-state index in [9.17, 15) is 4.39 Å². The molecular weight excluding hydrogens is 498 g/mol. The summed E-state index contributed by atoms with van der Waals surface area (Å²) in [4.78, 5) is 8.72. The van der Waals surface area contributed by atoms with Crippen molar-refractivity contribution in [3.8, 4) is 11.5 Å². The maximum Gasteiger partial charge on any atom is 0.226 e. The van der Waals surface area contributed by atoms with Crippen molar-refractivity contribution in [3.63, 3.8) is 0 Å². The van der Waals surface area contributed by atoms with E-state index in [-0.39, 0.29) is 36.4 Å². The van der Waals surface area contributed by atoms with E-state index in [0.717, 1.165) is 16.8 Å². The van der Waals surface area contributed by atoms with Gasteiger partial charge in [0.05, 0.1) is 18.8 Å². The van der Waals surface area contributed by atoms with Crippen LogP contribution in [0.5, 0.6) is 0 Å². The molecule has 3 rings (SSSR count). The van der Waals surface area contributed by atoms with Gasteiger partial charge in [-0.1, -0.05) is 23.8 Å². The van der Waals surface area contributed by atoms with Crippen molar-refractivity contribution in [1.29, 1.82) is 0 Å². The van der Waals surface area contributed by atoms with E-state index in [1.165, 1.54) is 11.6 Å². The minimum absolute atomic E-state index is 0. The van der Waals surface area contributed by atoms with Gasteiger partial charge in [0, 0.05) is 31.8 Å². The van der Waals surface area contributed by atoms with Gasteiger partial charge in [0.1, 0.15) is 12.1 Å². The molecule has 30 heavy (non-hydrogen) atoms. The number of nitrogens with one attached hydrogen (secondary N) is 2. The highest BCUT2D eigenvalue weighted by Gasteiger charge is 2.08. The van der Waals surface area contributed by atoms with E-state index in [0.29, 0.717) is 30.5 Å². The van der Waals surface area contributed by atoms with Crippen LogP contribution in [0.15, 0.2) is 58.1 Å². The molecule has 0 atom stereocenters. The molecule has 1 aromatic heterocycles. The largest absolute Gasteiger partial charge is 0.444 e. The first-order valence-electron chi connectivity index (χ1n) is 9.31. The zero-order valence-electron chi connectivity index (χ0n) is 17.2. The van der Waals surface area contributed by atoms with Crippen LogP contribution in [-0.2, 0) is 24.4 Å². The second kappa shape index (κ2) is 11.7. The molecule has 0 spiro atoms. The quantitative estimate of drug-likeness (QED) is 0.272. The van der Waals surface area contributed by atoms with Gasteiger partial charge >= 0.3 is 0 Å². The Balaban J connectivity index is 0.00000320. The lowest BCUT2D eigenvalue weighted by molar-refractivity contribution is 0.181. The minimum atomic E-state index is -0.270. The Morgan fingerprint density at radius 3 is 2.57 bits per heavy atom. The lowest BCUT2D eigenvalue weighted by atomic mass is 10.1.